The maximum atomic E-state index is 11.2. The van der Waals surface area contributed by atoms with Crippen LogP contribution in [-0.4, -0.2) is 16.9 Å². The van der Waals surface area contributed by atoms with Crippen LogP contribution in [0.4, 0.5) is 10.5 Å². The summed E-state index contributed by atoms with van der Waals surface area (Å²) in [5, 5.41) is 12.1. The van der Waals surface area contributed by atoms with Gasteiger partial charge >= 0.3 is 6.03 Å². The number of rotatable bonds is 2. The van der Waals surface area contributed by atoms with Crippen LogP contribution < -0.4 is 11.1 Å². The summed E-state index contributed by atoms with van der Waals surface area (Å²) in [5.74, 6) is -0.697. The number of urea groups is 1. The molecule has 3 amide bonds. The number of nitrogens with zero attached hydrogens (tertiary/aromatic N) is 1. The number of imide groups is 1. The van der Waals surface area contributed by atoms with Crippen molar-refractivity contribution in [2.24, 2.45) is 5.73 Å². The van der Waals surface area contributed by atoms with Crippen LogP contribution in [0.1, 0.15) is 10.4 Å². The molecule has 1 aromatic rings. The molecule has 0 bridgehead atoms. The number of hydrogen-bond acceptors (Lipinski definition) is 4. The van der Waals surface area contributed by atoms with E-state index in [9.17, 15) is 19.7 Å². The Hall–Kier alpha value is -2.44. The normalized spacial score (nSPS) is 9.33. The van der Waals surface area contributed by atoms with E-state index in [-0.39, 0.29) is 11.3 Å². The number of nitro benzene ring substituents is 1. The molecule has 0 aliphatic heterocycles. The molecule has 0 aliphatic carbocycles. The Labute approximate surface area is 84.0 Å². The van der Waals surface area contributed by atoms with Gasteiger partial charge < -0.3 is 5.73 Å². The van der Waals surface area contributed by atoms with Crippen LogP contribution in [0.3, 0.4) is 0 Å². The van der Waals surface area contributed by atoms with E-state index in [1.165, 1.54) is 12.1 Å². The highest BCUT2D eigenvalue weighted by Crippen LogP contribution is 2.11. The highest BCUT2D eigenvalue weighted by molar-refractivity contribution is 6.03. The van der Waals surface area contributed by atoms with Crippen molar-refractivity contribution in [1.82, 2.24) is 5.32 Å². The number of carbonyl (C=O) groups is 2. The van der Waals surface area contributed by atoms with Gasteiger partial charge in [-0.25, -0.2) is 4.79 Å². The van der Waals surface area contributed by atoms with Gasteiger partial charge in [0.1, 0.15) is 0 Å². The third-order valence-electron chi connectivity index (χ3n) is 1.58. The molecule has 15 heavy (non-hydrogen) atoms. The summed E-state index contributed by atoms with van der Waals surface area (Å²) in [7, 11) is 0. The second-order valence-corrected chi connectivity index (χ2v) is 2.62. The zero-order chi connectivity index (χ0) is 11.4. The fourth-order valence-electron chi connectivity index (χ4n) is 0.919. The second-order valence-electron chi connectivity index (χ2n) is 2.62. The number of hydrogen-bond donors (Lipinski definition) is 2. The van der Waals surface area contributed by atoms with Crippen molar-refractivity contribution in [2.75, 3.05) is 0 Å². The quantitative estimate of drug-likeness (QED) is 0.541. The molecule has 0 radical (unpaired) electrons. The summed E-state index contributed by atoms with van der Waals surface area (Å²) in [6, 6.07) is 3.82. The summed E-state index contributed by atoms with van der Waals surface area (Å²) in [6.45, 7) is 0. The zero-order valence-corrected chi connectivity index (χ0v) is 7.47. The first-order chi connectivity index (χ1) is 7.00. The lowest BCUT2D eigenvalue weighted by atomic mass is 10.2. The van der Waals surface area contributed by atoms with E-state index >= 15 is 0 Å². The van der Waals surface area contributed by atoms with Crippen molar-refractivity contribution in [3.8, 4) is 0 Å². The summed E-state index contributed by atoms with van der Waals surface area (Å²) >= 11 is 0. The van der Waals surface area contributed by atoms with E-state index in [1.54, 1.807) is 0 Å². The molecule has 0 spiro atoms. The molecule has 0 saturated carbocycles. The fraction of sp³-hybridized carbons (Fsp3) is 0. The van der Waals surface area contributed by atoms with Gasteiger partial charge in [0.25, 0.3) is 11.6 Å². The second kappa shape index (κ2) is 4.18. The summed E-state index contributed by atoms with van der Waals surface area (Å²) in [4.78, 5) is 31.2. The molecule has 1 aromatic carbocycles. The van der Waals surface area contributed by atoms with Crippen LogP contribution in [0.25, 0.3) is 0 Å². The van der Waals surface area contributed by atoms with Gasteiger partial charge in [-0.3, -0.25) is 20.2 Å². The minimum atomic E-state index is -0.974. The van der Waals surface area contributed by atoms with Crippen molar-refractivity contribution in [3.63, 3.8) is 0 Å². The average Bonchev–Trinajstić information content (AvgIpc) is 2.17. The first-order valence-corrected chi connectivity index (χ1v) is 3.86. The summed E-state index contributed by atoms with van der Waals surface area (Å²) in [5.41, 5.74) is 4.72. The number of benzene rings is 1. The van der Waals surface area contributed by atoms with Gasteiger partial charge in [-0.2, -0.15) is 0 Å². The SMILES string of the molecule is NC(=O)NC(=O)c1ccc([N+](=O)[O-])cc1. The molecular formula is C8H7N3O4. The molecule has 7 nitrogen and oxygen atoms in total. The molecule has 1 rings (SSSR count). The highest BCUT2D eigenvalue weighted by Gasteiger charge is 2.10. The highest BCUT2D eigenvalue weighted by atomic mass is 16.6. The molecule has 3 N–H and O–H groups in total. The predicted molar refractivity (Wildman–Crippen MR) is 50.1 cm³/mol. The summed E-state index contributed by atoms with van der Waals surface area (Å²) in [6.07, 6.45) is 0. The number of nitrogens with one attached hydrogen (secondary N) is 1. The number of non-ortho nitro benzene ring substituents is 1. The zero-order valence-electron chi connectivity index (χ0n) is 7.47. The predicted octanol–water partition coefficient (Wildman–Crippen LogP) is 0.403. The lowest BCUT2D eigenvalue weighted by molar-refractivity contribution is -0.384. The topological polar surface area (TPSA) is 115 Å². The third kappa shape index (κ3) is 2.76. The van der Waals surface area contributed by atoms with Crippen molar-refractivity contribution >= 4 is 17.6 Å². The molecule has 0 aliphatic rings. The van der Waals surface area contributed by atoms with Gasteiger partial charge in [-0.1, -0.05) is 0 Å². The van der Waals surface area contributed by atoms with Crippen molar-refractivity contribution in [2.45, 2.75) is 0 Å². The molecule has 0 unspecified atom stereocenters. The fourth-order valence-corrected chi connectivity index (χ4v) is 0.919. The van der Waals surface area contributed by atoms with E-state index in [0.29, 0.717) is 0 Å². The molecule has 0 saturated heterocycles. The van der Waals surface area contributed by atoms with Crippen molar-refractivity contribution in [1.29, 1.82) is 0 Å². The Balaban J connectivity index is 2.84. The van der Waals surface area contributed by atoms with Crippen LogP contribution in [0, 0.1) is 10.1 Å². The first kappa shape index (κ1) is 10.6. The third-order valence-corrected chi connectivity index (χ3v) is 1.58. The van der Waals surface area contributed by atoms with Gasteiger partial charge in [0.15, 0.2) is 0 Å². The Morgan fingerprint density at radius 2 is 1.80 bits per heavy atom. The Morgan fingerprint density at radius 1 is 1.27 bits per heavy atom. The lowest BCUT2D eigenvalue weighted by Crippen LogP contribution is -2.34. The molecule has 7 heteroatoms. The van der Waals surface area contributed by atoms with Crippen LogP contribution in [0.2, 0.25) is 0 Å². The minimum Gasteiger partial charge on any atom is -0.351 e. The Bertz CT molecular complexity index is 412. The molecular weight excluding hydrogens is 202 g/mol. The number of nitrogens with two attached hydrogens (primary N) is 1. The van der Waals surface area contributed by atoms with Crippen molar-refractivity contribution < 1.29 is 14.5 Å². The molecule has 0 heterocycles. The standard InChI is InChI=1S/C8H7N3O4/c9-8(13)10-7(12)5-1-3-6(4-2-5)11(14)15/h1-4H,(H3,9,10,12,13). The van der Waals surface area contributed by atoms with Crippen LogP contribution in [-0.2, 0) is 0 Å². The molecule has 0 fully saturated rings. The van der Waals surface area contributed by atoms with E-state index in [4.69, 9.17) is 5.73 Å². The van der Waals surface area contributed by atoms with Gasteiger partial charge in [-0.15, -0.1) is 0 Å². The number of nitro groups is 1. The molecule has 0 atom stereocenters. The van der Waals surface area contributed by atoms with E-state index in [0.717, 1.165) is 12.1 Å². The summed E-state index contributed by atoms with van der Waals surface area (Å²) < 4.78 is 0. The van der Waals surface area contributed by atoms with Crippen molar-refractivity contribution in [3.05, 3.63) is 39.9 Å². The Morgan fingerprint density at radius 3 is 2.20 bits per heavy atom. The minimum absolute atomic E-state index is 0.124. The van der Waals surface area contributed by atoms with Gasteiger partial charge in [0, 0.05) is 17.7 Å². The molecule has 78 valence electrons. The van der Waals surface area contributed by atoms with Gasteiger partial charge in [-0.05, 0) is 12.1 Å². The van der Waals surface area contributed by atoms with E-state index in [2.05, 4.69) is 0 Å². The Kier molecular flexibility index (Phi) is 2.97. The molecule has 0 aromatic heterocycles. The number of carbonyl (C=O) groups excluding carboxylic acids is 2. The van der Waals surface area contributed by atoms with E-state index in [1.807, 2.05) is 5.32 Å². The smallest absolute Gasteiger partial charge is 0.319 e. The monoisotopic (exact) mass is 209 g/mol. The maximum absolute atomic E-state index is 11.2. The number of amides is 3. The van der Waals surface area contributed by atoms with Gasteiger partial charge in [0.05, 0.1) is 4.92 Å². The average molecular weight is 209 g/mol. The van der Waals surface area contributed by atoms with Crippen LogP contribution in [0.15, 0.2) is 24.3 Å². The van der Waals surface area contributed by atoms with Crippen LogP contribution in [0.5, 0.6) is 0 Å². The number of primary amides is 1. The van der Waals surface area contributed by atoms with E-state index < -0.39 is 16.9 Å². The van der Waals surface area contributed by atoms with Crippen LogP contribution >= 0.6 is 0 Å². The largest absolute Gasteiger partial charge is 0.351 e. The van der Waals surface area contributed by atoms with Gasteiger partial charge in [0.2, 0.25) is 0 Å². The lowest BCUT2D eigenvalue weighted by Gasteiger charge is -1.99. The maximum Gasteiger partial charge on any atom is 0.319 e. The first-order valence-electron chi connectivity index (χ1n) is 3.86.